The number of hydrogen-bond donors (Lipinski definition) is 2. The van der Waals surface area contributed by atoms with E-state index in [1.165, 1.54) is 13.5 Å². The van der Waals surface area contributed by atoms with Gasteiger partial charge in [-0.3, -0.25) is 4.79 Å². The standard InChI is InChI=1S/C11H20N2O3/c1-16-11(15)9(7-12)13-10(14)8-5-3-2-4-6-8/h8-9H,2-7,12H2,1H3,(H,13,14). The molecule has 92 valence electrons. The van der Waals surface area contributed by atoms with Crippen LogP contribution in [-0.2, 0) is 14.3 Å². The van der Waals surface area contributed by atoms with Crippen LogP contribution < -0.4 is 11.1 Å². The molecule has 1 rings (SSSR count). The second-order valence-corrected chi connectivity index (χ2v) is 4.15. The van der Waals surface area contributed by atoms with E-state index in [9.17, 15) is 9.59 Å². The second kappa shape index (κ2) is 6.48. The number of methoxy groups -OCH3 is 1. The van der Waals surface area contributed by atoms with Crippen LogP contribution >= 0.6 is 0 Å². The SMILES string of the molecule is COC(=O)C(CN)NC(=O)C1CCCCC1. The Hall–Kier alpha value is -1.10. The van der Waals surface area contributed by atoms with Crippen molar-refractivity contribution >= 4 is 11.9 Å². The van der Waals surface area contributed by atoms with Crippen LogP contribution in [0.25, 0.3) is 0 Å². The van der Waals surface area contributed by atoms with Crippen LogP contribution in [0.4, 0.5) is 0 Å². The summed E-state index contributed by atoms with van der Waals surface area (Å²) < 4.78 is 4.56. The maximum atomic E-state index is 11.8. The van der Waals surface area contributed by atoms with E-state index in [0.29, 0.717) is 0 Å². The van der Waals surface area contributed by atoms with Crippen LogP contribution in [0.5, 0.6) is 0 Å². The van der Waals surface area contributed by atoms with Gasteiger partial charge in [-0.2, -0.15) is 0 Å². The normalized spacial score (nSPS) is 18.9. The largest absolute Gasteiger partial charge is 0.467 e. The van der Waals surface area contributed by atoms with Gasteiger partial charge in [0.15, 0.2) is 0 Å². The summed E-state index contributed by atoms with van der Waals surface area (Å²) in [6, 6.07) is -0.709. The molecule has 1 unspecified atom stereocenters. The maximum Gasteiger partial charge on any atom is 0.329 e. The van der Waals surface area contributed by atoms with Crippen molar-refractivity contribution in [2.24, 2.45) is 11.7 Å². The van der Waals surface area contributed by atoms with Crippen LogP contribution in [0.2, 0.25) is 0 Å². The van der Waals surface area contributed by atoms with Gasteiger partial charge < -0.3 is 15.8 Å². The minimum atomic E-state index is -0.709. The predicted octanol–water partition coefficient (Wildman–Crippen LogP) is 0.183. The zero-order valence-corrected chi connectivity index (χ0v) is 9.70. The molecule has 3 N–H and O–H groups in total. The molecule has 1 saturated carbocycles. The van der Waals surface area contributed by atoms with Crippen LogP contribution in [0.3, 0.4) is 0 Å². The van der Waals surface area contributed by atoms with Gasteiger partial charge in [0.2, 0.25) is 5.91 Å². The smallest absolute Gasteiger partial charge is 0.329 e. The van der Waals surface area contributed by atoms with Crippen molar-refractivity contribution in [3.05, 3.63) is 0 Å². The molecular weight excluding hydrogens is 208 g/mol. The number of nitrogens with one attached hydrogen (secondary N) is 1. The highest BCUT2D eigenvalue weighted by Gasteiger charge is 2.26. The number of carbonyl (C=O) groups excluding carboxylic acids is 2. The van der Waals surface area contributed by atoms with Crippen molar-refractivity contribution < 1.29 is 14.3 Å². The zero-order chi connectivity index (χ0) is 12.0. The number of hydrogen-bond acceptors (Lipinski definition) is 4. The topological polar surface area (TPSA) is 81.4 Å². The van der Waals surface area contributed by atoms with Crippen molar-refractivity contribution in [1.82, 2.24) is 5.32 Å². The molecule has 1 aliphatic rings. The molecule has 1 amide bonds. The molecule has 0 bridgehead atoms. The molecule has 1 fully saturated rings. The molecule has 0 aromatic carbocycles. The summed E-state index contributed by atoms with van der Waals surface area (Å²) in [5.41, 5.74) is 5.41. The Morgan fingerprint density at radius 3 is 2.50 bits per heavy atom. The average molecular weight is 228 g/mol. The molecule has 1 atom stereocenters. The van der Waals surface area contributed by atoms with E-state index in [2.05, 4.69) is 10.1 Å². The maximum absolute atomic E-state index is 11.8. The van der Waals surface area contributed by atoms with Crippen molar-refractivity contribution in [3.8, 4) is 0 Å². The highest BCUT2D eigenvalue weighted by atomic mass is 16.5. The molecule has 0 radical (unpaired) electrons. The molecule has 5 heteroatoms. The summed E-state index contributed by atoms with van der Waals surface area (Å²) in [5, 5.41) is 2.65. The molecule has 0 aliphatic heterocycles. The molecule has 0 spiro atoms. The van der Waals surface area contributed by atoms with Crippen LogP contribution in [0, 0.1) is 5.92 Å². The Labute approximate surface area is 95.7 Å². The predicted molar refractivity (Wildman–Crippen MR) is 59.6 cm³/mol. The quantitative estimate of drug-likeness (QED) is 0.673. The lowest BCUT2D eigenvalue weighted by Gasteiger charge is -2.23. The third-order valence-corrected chi connectivity index (χ3v) is 3.01. The zero-order valence-electron chi connectivity index (χ0n) is 9.70. The van der Waals surface area contributed by atoms with Gasteiger partial charge in [0.05, 0.1) is 7.11 Å². The van der Waals surface area contributed by atoms with Gasteiger partial charge >= 0.3 is 5.97 Å². The first-order chi connectivity index (χ1) is 7.69. The second-order valence-electron chi connectivity index (χ2n) is 4.15. The average Bonchev–Trinajstić information content (AvgIpc) is 2.35. The lowest BCUT2D eigenvalue weighted by molar-refractivity contribution is -0.145. The first kappa shape index (κ1) is 13.0. The summed E-state index contributed by atoms with van der Waals surface area (Å²) in [5.74, 6) is -0.514. The fourth-order valence-corrected chi connectivity index (χ4v) is 2.01. The van der Waals surface area contributed by atoms with E-state index in [1.807, 2.05) is 0 Å². The van der Waals surface area contributed by atoms with Gasteiger partial charge in [-0.15, -0.1) is 0 Å². The van der Waals surface area contributed by atoms with Crippen molar-refractivity contribution in [1.29, 1.82) is 0 Å². The lowest BCUT2D eigenvalue weighted by atomic mass is 9.88. The van der Waals surface area contributed by atoms with E-state index in [1.54, 1.807) is 0 Å². The monoisotopic (exact) mass is 228 g/mol. The van der Waals surface area contributed by atoms with Crippen molar-refractivity contribution in [2.75, 3.05) is 13.7 Å². The first-order valence-electron chi connectivity index (χ1n) is 5.77. The molecule has 0 saturated heterocycles. The molecule has 1 aliphatic carbocycles. The minimum Gasteiger partial charge on any atom is -0.467 e. The molecule has 5 nitrogen and oxygen atoms in total. The van der Waals surface area contributed by atoms with E-state index in [-0.39, 0.29) is 18.4 Å². The molecule has 16 heavy (non-hydrogen) atoms. The third kappa shape index (κ3) is 3.48. The minimum absolute atomic E-state index is 0.0347. The van der Waals surface area contributed by atoms with Gasteiger partial charge in [0, 0.05) is 12.5 Å². The Morgan fingerprint density at radius 2 is 2.00 bits per heavy atom. The van der Waals surface area contributed by atoms with Crippen molar-refractivity contribution in [2.45, 2.75) is 38.1 Å². The summed E-state index contributed by atoms with van der Waals surface area (Å²) in [6.45, 7) is 0.0745. The van der Waals surface area contributed by atoms with Crippen LogP contribution in [-0.4, -0.2) is 31.6 Å². The van der Waals surface area contributed by atoms with E-state index in [4.69, 9.17) is 5.73 Å². The number of nitrogens with two attached hydrogens (primary N) is 1. The lowest BCUT2D eigenvalue weighted by Crippen LogP contribution is -2.48. The van der Waals surface area contributed by atoms with Gasteiger partial charge in [-0.05, 0) is 12.8 Å². The summed E-state index contributed by atoms with van der Waals surface area (Å²) in [6.07, 6.45) is 5.18. The molecular formula is C11H20N2O3. The number of amides is 1. The Morgan fingerprint density at radius 1 is 1.38 bits per heavy atom. The fraction of sp³-hybridized carbons (Fsp3) is 0.818. The highest BCUT2D eigenvalue weighted by molar-refractivity contribution is 5.85. The molecule has 0 heterocycles. The van der Waals surface area contributed by atoms with Gasteiger partial charge in [-0.1, -0.05) is 19.3 Å². The Balaban J connectivity index is 2.44. The Bertz CT molecular complexity index is 250. The Kier molecular flexibility index (Phi) is 5.25. The number of esters is 1. The van der Waals surface area contributed by atoms with Crippen molar-refractivity contribution in [3.63, 3.8) is 0 Å². The van der Waals surface area contributed by atoms with Gasteiger partial charge in [0.1, 0.15) is 6.04 Å². The fourth-order valence-electron chi connectivity index (χ4n) is 2.01. The highest BCUT2D eigenvalue weighted by Crippen LogP contribution is 2.23. The van der Waals surface area contributed by atoms with Crippen LogP contribution in [0.15, 0.2) is 0 Å². The van der Waals surface area contributed by atoms with Gasteiger partial charge in [0.25, 0.3) is 0 Å². The number of carbonyl (C=O) groups is 2. The van der Waals surface area contributed by atoms with E-state index >= 15 is 0 Å². The number of rotatable bonds is 4. The van der Waals surface area contributed by atoms with E-state index < -0.39 is 12.0 Å². The first-order valence-corrected chi connectivity index (χ1v) is 5.77. The number of ether oxygens (including phenoxy) is 1. The summed E-state index contributed by atoms with van der Waals surface area (Å²) >= 11 is 0. The summed E-state index contributed by atoms with van der Waals surface area (Å²) in [4.78, 5) is 23.1. The van der Waals surface area contributed by atoms with E-state index in [0.717, 1.165) is 25.7 Å². The summed E-state index contributed by atoms with van der Waals surface area (Å²) in [7, 11) is 1.29. The molecule has 0 aromatic heterocycles. The third-order valence-electron chi connectivity index (χ3n) is 3.01. The molecule has 0 aromatic rings. The van der Waals surface area contributed by atoms with Crippen LogP contribution in [0.1, 0.15) is 32.1 Å². The van der Waals surface area contributed by atoms with Gasteiger partial charge in [-0.25, -0.2) is 4.79 Å².